The standard InChI is InChI=1S/C14H27F3N2/c1-3-10(4-2)8-13(19-18)11-6-5-7-12(9-11)14(15,16)17/h10-13,19H,3-9,18H2,1-2H3. The van der Waals surface area contributed by atoms with Crippen LogP contribution in [0.2, 0.25) is 0 Å². The molecule has 0 bridgehead atoms. The minimum Gasteiger partial charge on any atom is -0.271 e. The van der Waals surface area contributed by atoms with Gasteiger partial charge in [0.1, 0.15) is 0 Å². The van der Waals surface area contributed by atoms with Crippen LogP contribution in [0.4, 0.5) is 13.2 Å². The van der Waals surface area contributed by atoms with E-state index in [-0.39, 0.29) is 24.8 Å². The molecule has 1 rings (SSSR count). The number of nitrogens with two attached hydrogens (primary N) is 1. The van der Waals surface area contributed by atoms with Crippen LogP contribution in [0.25, 0.3) is 0 Å². The summed E-state index contributed by atoms with van der Waals surface area (Å²) >= 11 is 0. The number of halogens is 3. The largest absolute Gasteiger partial charge is 0.391 e. The van der Waals surface area contributed by atoms with E-state index in [1.54, 1.807) is 0 Å². The molecule has 0 aromatic carbocycles. The second-order valence-corrected chi connectivity index (χ2v) is 5.86. The Hall–Kier alpha value is -0.290. The van der Waals surface area contributed by atoms with Gasteiger partial charge in [0.15, 0.2) is 0 Å². The molecular formula is C14H27F3N2. The predicted molar refractivity (Wildman–Crippen MR) is 71.3 cm³/mol. The van der Waals surface area contributed by atoms with Gasteiger partial charge in [-0.2, -0.15) is 13.2 Å². The van der Waals surface area contributed by atoms with E-state index in [2.05, 4.69) is 19.3 Å². The molecule has 0 saturated heterocycles. The highest BCUT2D eigenvalue weighted by atomic mass is 19.4. The molecule has 5 heteroatoms. The molecule has 0 heterocycles. The maximum Gasteiger partial charge on any atom is 0.391 e. The zero-order valence-corrected chi connectivity index (χ0v) is 12.0. The highest BCUT2D eigenvalue weighted by Gasteiger charge is 2.43. The van der Waals surface area contributed by atoms with Crippen LogP contribution in [0.15, 0.2) is 0 Å². The van der Waals surface area contributed by atoms with Gasteiger partial charge in [0, 0.05) is 6.04 Å². The normalized spacial score (nSPS) is 26.7. The average molecular weight is 280 g/mol. The monoisotopic (exact) mass is 280 g/mol. The second-order valence-electron chi connectivity index (χ2n) is 5.86. The lowest BCUT2D eigenvalue weighted by Crippen LogP contribution is -2.45. The van der Waals surface area contributed by atoms with Crippen molar-refractivity contribution in [2.75, 3.05) is 0 Å². The molecule has 1 aliphatic carbocycles. The first kappa shape index (κ1) is 16.8. The summed E-state index contributed by atoms with van der Waals surface area (Å²) in [4.78, 5) is 0. The van der Waals surface area contributed by atoms with Crippen molar-refractivity contribution in [3.05, 3.63) is 0 Å². The zero-order valence-electron chi connectivity index (χ0n) is 12.0. The van der Waals surface area contributed by atoms with Crippen LogP contribution < -0.4 is 11.3 Å². The van der Waals surface area contributed by atoms with Crippen molar-refractivity contribution in [2.45, 2.75) is 71.0 Å². The van der Waals surface area contributed by atoms with Crippen LogP contribution in [-0.4, -0.2) is 12.2 Å². The van der Waals surface area contributed by atoms with Crippen molar-refractivity contribution in [3.8, 4) is 0 Å². The first-order valence-electron chi connectivity index (χ1n) is 7.45. The first-order chi connectivity index (χ1) is 8.92. The molecule has 3 unspecified atom stereocenters. The Morgan fingerprint density at radius 3 is 2.32 bits per heavy atom. The van der Waals surface area contributed by atoms with Gasteiger partial charge in [0.25, 0.3) is 0 Å². The van der Waals surface area contributed by atoms with Gasteiger partial charge in [0.2, 0.25) is 0 Å². The number of hydrazine groups is 1. The molecule has 0 aromatic rings. The fraction of sp³-hybridized carbons (Fsp3) is 1.00. The van der Waals surface area contributed by atoms with Crippen molar-refractivity contribution in [3.63, 3.8) is 0 Å². The lowest BCUT2D eigenvalue weighted by molar-refractivity contribution is -0.186. The van der Waals surface area contributed by atoms with E-state index in [4.69, 9.17) is 5.84 Å². The molecule has 3 N–H and O–H groups in total. The molecular weight excluding hydrogens is 253 g/mol. The van der Waals surface area contributed by atoms with Crippen LogP contribution in [0.5, 0.6) is 0 Å². The van der Waals surface area contributed by atoms with E-state index in [0.29, 0.717) is 12.3 Å². The Kier molecular flexibility index (Phi) is 6.60. The van der Waals surface area contributed by atoms with Gasteiger partial charge in [-0.3, -0.25) is 11.3 Å². The smallest absolute Gasteiger partial charge is 0.271 e. The zero-order chi connectivity index (χ0) is 14.5. The van der Waals surface area contributed by atoms with Crippen molar-refractivity contribution in [1.82, 2.24) is 5.43 Å². The predicted octanol–water partition coefficient (Wildman–Crippen LogP) is 4.01. The van der Waals surface area contributed by atoms with Gasteiger partial charge >= 0.3 is 6.18 Å². The Bertz CT molecular complexity index is 252. The van der Waals surface area contributed by atoms with Crippen LogP contribution in [-0.2, 0) is 0 Å². The Labute approximate surface area is 114 Å². The average Bonchev–Trinajstić information content (AvgIpc) is 2.39. The molecule has 0 amide bonds. The molecule has 1 saturated carbocycles. The van der Waals surface area contributed by atoms with E-state index in [0.717, 1.165) is 25.7 Å². The van der Waals surface area contributed by atoms with Crippen molar-refractivity contribution in [2.24, 2.45) is 23.6 Å². The van der Waals surface area contributed by atoms with Crippen LogP contribution in [0.1, 0.15) is 58.8 Å². The molecule has 0 spiro atoms. The third kappa shape index (κ3) is 4.95. The summed E-state index contributed by atoms with van der Waals surface area (Å²) < 4.78 is 38.5. The lowest BCUT2D eigenvalue weighted by atomic mass is 9.75. The van der Waals surface area contributed by atoms with Crippen molar-refractivity contribution in [1.29, 1.82) is 0 Å². The third-order valence-electron chi connectivity index (χ3n) is 4.70. The van der Waals surface area contributed by atoms with Gasteiger partial charge in [0.05, 0.1) is 5.92 Å². The topological polar surface area (TPSA) is 38.0 Å². The van der Waals surface area contributed by atoms with E-state index < -0.39 is 12.1 Å². The van der Waals surface area contributed by atoms with Crippen molar-refractivity contribution < 1.29 is 13.2 Å². The molecule has 2 nitrogen and oxygen atoms in total. The third-order valence-corrected chi connectivity index (χ3v) is 4.70. The minimum atomic E-state index is -4.05. The highest BCUT2D eigenvalue weighted by molar-refractivity contribution is 4.85. The Morgan fingerprint density at radius 2 is 1.84 bits per heavy atom. The molecule has 0 aromatic heterocycles. The van der Waals surface area contributed by atoms with Gasteiger partial charge in [-0.15, -0.1) is 0 Å². The number of rotatable bonds is 6. The van der Waals surface area contributed by atoms with Gasteiger partial charge < -0.3 is 0 Å². The van der Waals surface area contributed by atoms with Crippen LogP contribution in [0.3, 0.4) is 0 Å². The summed E-state index contributed by atoms with van der Waals surface area (Å²) in [6.07, 6.45) is 0.998. The summed E-state index contributed by atoms with van der Waals surface area (Å²) in [7, 11) is 0. The molecule has 1 fully saturated rings. The van der Waals surface area contributed by atoms with E-state index in [9.17, 15) is 13.2 Å². The van der Waals surface area contributed by atoms with Gasteiger partial charge in [-0.25, -0.2) is 0 Å². The van der Waals surface area contributed by atoms with Crippen LogP contribution >= 0.6 is 0 Å². The highest BCUT2D eigenvalue weighted by Crippen LogP contribution is 2.41. The fourth-order valence-corrected chi connectivity index (χ4v) is 3.27. The van der Waals surface area contributed by atoms with Crippen LogP contribution in [0, 0.1) is 17.8 Å². The molecule has 19 heavy (non-hydrogen) atoms. The van der Waals surface area contributed by atoms with E-state index >= 15 is 0 Å². The second kappa shape index (κ2) is 7.48. The maximum atomic E-state index is 12.8. The molecule has 0 radical (unpaired) electrons. The number of nitrogens with one attached hydrogen (secondary N) is 1. The molecule has 0 aliphatic heterocycles. The molecule has 1 aliphatic rings. The van der Waals surface area contributed by atoms with Crippen molar-refractivity contribution >= 4 is 0 Å². The quantitative estimate of drug-likeness (QED) is 0.570. The number of hydrogen-bond donors (Lipinski definition) is 2. The van der Waals surface area contributed by atoms with Gasteiger partial charge in [-0.05, 0) is 37.5 Å². The lowest BCUT2D eigenvalue weighted by Gasteiger charge is -2.36. The summed E-state index contributed by atoms with van der Waals surface area (Å²) in [5, 5.41) is 0. The summed E-state index contributed by atoms with van der Waals surface area (Å²) in [6, 6.07) is 0.0232. The minimum absolute atomic E-state index is 0.0232. The number of alkyl halides is 3. The summed E-state index contributed by atoms with van der Waals surface area (Å²) in [5.41, 5.74) is 2.78. The van der Waals surface area contributed by atoms with Gasteiger partial charge in [-0.1, -0.05) is 33.1 Å². The molecule has 114 valence electrons. The Balaban J connectivity index is 2.60. The summed E-state index contributed by atoms with van der Waals surface area (Å²) in [5.74, 6) is 5.06. The van der Waals surface area contributed by atoms with E-state index in [1.807, 2.05) is 0 Å². The number of hydrogen-bond acceptors (Lipinski definition) is 2. The first-order valence-corrected chi connectivity index (χ1v) is 7.45. The van der Waals surface area contributed by atoms with E-state index in [1.165, 1.54) is 0 Å². The molecule has 3 atom stereocenters. The fourth-order valence-electron chi connectivity index (χ4n) is 3.27. The maximum absolute atomic E-state index is 12.8. The Morgan fingerprint density at radius 1 is 1.21 bits per heavy atom. The summed E-state index contributed by atoms with van der Waals surface area (Å²) in [6.45, 7) is 4.25. The SMILES string of the molecule is CCC(CC)CC(NN)C1CCCC(C(F)(F)F)C1.